The molecule has 0 aliphatic heterocycles. The smallest absolute Gasteiger partial charge is 0.259 e. The molecule has 0 saturated carbocycles. The zero-order chi connectivity index (χ0) is 18.1. The minimum Gasteiger partial charge on any atom is -0.376 e. The van der Waals surface area contributed by atoms with E-state index in [0.29, 0.717) is 0 Å². The van der Waals surface area contributed by atoms with E-state index in [1.165, 1.54) is 5.69 Å². The molecule has 1 amide bonds. The largest absolute Gasteiger partial charge is 0.376 e. The van der Waals surface area contributed by atoms with Crippen molar-refractivity contribution in [2.24, 2.45) is 5.10 Å². The quantitative estimate of drug-likeness (QED) is 0.367. The molecule has 0 radical (unpaired) electrons. The molecular weight excluding hydrogens is 427 g/mol. The van der Waals surface area contributed by atoms with Gasteiger partial charge in [-0.3, -0.25) is 4.79 Å². The number of hydrogen-bond acceptors (Lipinski definition) is 4. The van der Waals surface area contributed by atoms with Crippen molar-refractivity contribution in [1.82, 2.24) is 5.43 Å². The maximum atomic E-state index is 11.8. The summed E-state index contributed by atoms with van der Waals surface area (Å²) in [4.78, 5) is 14.1. The van der Waals surface area contributed by atoms with E-state index in [1.807, 2.05) is 36.4 Å². The summed E-state index contributed by atoms with van der Waals surface area (Å²) in [5, 5.41) is 7.06. The number of nitrogens with zero attached hydrogens (tertiary/aromatic N) is 2. The van der Waals surface area contributed by atoms with E-state index >= 15 is 0 Å². The van der Waals surface area contributed by atoms with Crippen LogP contribution >= 0.6 is 22.6 Å². The van der Waals surface area contributed by atoms with Gasteiger partial charge >= 0.3 is 0 Å². The summed E-state index contributed by atoms with van der Waals surface area (Å²) < 4.78 is 1.16. The van der Waals surface area contributed by atoms with Crippen molar-refractivity contribution in [3.63, 3.8) is 0 Å². The molecule has 0 saturated heterocycles. The van der Waals surface area contributed by atoms with Crippen LogP contribution in [0.15, 0.2) is 53.6 Å². The van der Waals surface area contributed by atoms with Gasteiger partial charge in [-0.1, -0.05) is 12.1 Å². The summed E-state index contributed by atoms with van der Waals surface area (Å²) in [5.74, 6) is -0.186. The summed E-state index contributed by atoms with van der Waals surface area (Å²) in [5.41, 5.74) is 5.57. The SMILES string of the molecule is CCN(CC)c1ccc(C=NNC(=O)CNc2ccc(I)cc2)cc1. The average Bonchev–Trinajstić information content (AvgIpc) is 2.63. The third-order valence-corrected chi connectivity index (χ3v) is 4.44. The maximum absolute atomic E-state index is 11.8. The molecule has 2 aromatic rings. The molecule has 0 unspecified atom stereocenters. The van der Waals surface area contributed by atoms with E-state index in [0.717, 1.165) is 27.9 Å². The van der Waals surface area contributed by atoms with Gasteiger partial charge in [-0.05, 0) is 78.4 Å². The molecule has 25 heavy (non-hydrogen) atoms. The van der Waals surface area contributed by atoms with E-state index in [4.69, 9.17) is 0 Å². The fourth-order valence-corrected chi connectivity index (χ4v) is 2.69. The van der Waals surface area contributed by atoms with Crippen molar-refractivity contribution in [2.45, 2.75) is 13.8 Å². The number of hydrogen-bond donors (Lipinski definition) is 2. The molecule has 0 aliphatic carbocycles. The molecule has 132 valence electrons. The summed E-state index contributed by atoms with van der Waals surface area (Å²) in [6, 6.07) is 16.0. The summed E-state index contributed by atoms with van der Waals surface area (Å²) in [7, 11) is 0. The second kappa shape index (κ2) is 10.0. The lowest BCUT2D eigenvalue weighted by Crippen LogP contribution is -2.25. The Balaban J connectivity index is 1.79. The van der Waals surface area contributed by atoms with Crippen LogP contribution in [0.5, 0.6) is 0 Å². The fourth-order valence-electron chi connectivity index (χ4n) is 2.33. The highest BCUT2D eigenvalue weighted by atomic mass is 127. The second-order valence-corrected chi connectivity index (χ2v) is 6.66. The first kappa shape index (κ1) is 19.2. The standard InChI is InChI=1S/C19H23IN4O/c1-3-24(4-2)18-11-5-15(6-12-18)13-22-23-19(25)14-21-17-9-7-16(20)8-10-17/h5-13,21H,3-4,14H2,1-2H3,(H,23,25). The first-order chi connectivity index (χ1) is 12.1. The molecule has 0 fully saturated rings. The molecule has 5 nitrogen and oxygen atoms in total. The molecule has 0 heterocycles. The van der Waals surface area contributed by atoms with Crippen molar-refractivity contribution < 1.29 is 4.79 Å². The van der Waals surface area contributed by atoms with Gasteiger partial charge in [0.1, 0.15) is 0 Å². The molecule has 0 aromatic heterocycles. The number of halogens is 1. The summed E-state index contributed by atoms with van der Waals surface area (Å²) in [6.45, 7) is 6.41. The lowest BCUT2D eigenvalue weighted by molar-refractivity contribution is -0.119. The van der Waals surface area contributed by atoms with Crippen LogP contribution in [0.1, 0.15) is 19.4 Å². The Hall–Kier alpha value is -2.09. The van der Waals surface area contributed by atoms with Crippen molar-refractivity contribution in [3.05, 3.63) is 57.7 Å². The predicted molar refractivity (Wildman–Crippen MR) is 113 cm³/mol. The van der Waals surface area contributed by atoms with Gasteiger partial charge in [0.05, 0.1) is 12.8 Å². The molecule has 2 aromatic carbocycles. The van der Waals surface area contributed by atoms with E-state index in [9.17, 15) is 4.79 Å². The normalized spacial score (nSPS) is 10.7. The van der Waals surface area contributed by atoms with Crippen LogP contribution in [0, 0.1) is 3.57 Å². The van der Waals surface area contributed by atoms with E-state index in [1.54, 1.807) is 6.21 Å². The Morgan fingerprint density at radius 1 is 1.08 bits per heavy atom. The zero-order valence-electron chi connectivity index (χ0n) is 14.5. The zero-order valence-corrected chi connectivity index (χ0v) is 16.7. The van der Waals surface area contributed by atoms with E-state index < -0.39 is 0 Å². The Labute approximate surface area is 162 Å². The van der Waals surface area contributed by atoms with Gasteiger partial charge in [-0.15, -0.1) is 0 Å². The number of nitrogens with one attached hydrogen (secondary N) is 2. The molecule has 0 bridgehead atoms. The fraction of sp³-hybridized carbons (Fsp3) is 0.263. The number of hydrazone groups is 1. The monoisotopic (exact) mass is 450 g/mol. The van der Waals surface area contributed by atoms with Gasteiger partial charge in [-0.2, -0.15) is 5.10 Å². The van der Waals surface area contributed by atoms with Gasteiger partial charge in [0, 0.05) is 28.0 Å². The number of rotatable bonds is 8. The summed E-state index contributed by atoms with van der Waals surface area (Å²) >= 11 is 2.24. The number of benzene rings is 2. The lowest BCUT2D eigenvalue weighted by Gasteiger charge is -2.20. The third kappa shape index (κ3) is 6.38. The molecular formula is C19H23IN4O. The highest BCUT2D eigenvalue weighted by Crippen LogP contribution is 2.14. The Morgan fingerprint density at radius 3 is 2.32 bits per heavy atom. The lowest BCUT2D eigenvalue weighted by atomic mass is 10.2. The minimum absolute atomic E-state index is 0.179. The van der Waals surface area contributed by atoms with Crippen LogP contribution in [0.2, 0.25) is 0 Å². The molecule has 0 atom stereocenters. The van der Waals surface area contributed by atoms with Crippen LogP contribution < -0.4 is 15.6 Å². The number of carbonyl (C=O) groups excluding carboxylic acids is 1. The van der Waals surface area contributed by atoms with Crippen LogP contribution in [0.25, 0.3) is 0 Å². The first-order valence-corrected chi connectivity index (χ1v) is 9.36. The maximum Gasteiger partial charge on any atom is 0.259 e. The molecule has 2 rings (SSSR count). The Kier molecular flexibility index (Phi) is 7.72. The second-order valence-electron chi connectivity index (χ2n) is 5.42. The van der Waals surface area contributed by atoms with E-state index in [-0.39, 0.29) is 12.5 Å². The highest BCUT2D eigenvalue weighted by Gasteiger charge is 2.01. The van der Waals surface area contributed by atoms with Crippen LogP contribution in [-0.2, 0) is 4.79 Å². The van der Waals surface area contributed by atoms with Crippen molar-refractivity contribution in [1.29, 1.82) is 0 Å². The van der Waals surface area contributed by atoms with Crippen LogP contribution in [0.3, 0.4) is 0 Å². The average molecular weight is 450 g/mol. The predicted octanol–water partition coefficient (Wildman–Crippen LogP) is 3.70. The van der Waals surface area contributed by atoms with Gasteiger partial charge in [0.2, 0.25) is 0 Å². The van der Waals surface area contributed by atoms with Crippen molar-refractivity contribution >= 4 is 46.1 Å². The topological polar surface area (TPSA) is 56.7 Å². The van der Waals surface area contributed by atoms with Crippen LogP contribution in [0.4, 0.5) is 11.4 Å². The van der Waals surface area contributed by atoms with E-state index in [2.05, 4.69) is 69.3 Å². The Bertz CT molecular complexity index is 694. The first-order valence-electron chi connectivity index (χ1n) is 8.28. The van der Waals surface area contributed by atoms with Gasteiger partial charge < -0.3 is 10.2 Å². The number of carbonyl (C=O) groups is 1. The van der Waals surface area contributed by atoms with Gasteiger partial charge in [0.15, 0.2) is 0 Å². The molecule has 0 spiro atoms. The Morgan fingerprint density at radius 2 is 1.72 bits per heavy atom. The molecule has 2 N–H and O–H groups in total. The minimum atomic E-state index is -0.186. The number of amides is 1. The van der Waals surface area contributed by atoms with Gasteiger partial charge in [-0.25, -0.2) is 5.43 Å². The summed E-state index contributed by atoms with van der Waals surface area (Å²) in [6.07, 6.45) is 1.65. The van der Waals surface area contributed by atoms with Crippen molar-refractivity contribution in [2.75, 3.05) is 29.9 Å². The third-order valence-electron chi connectivity index (χ3n) is 3.72. The van der Waals surface area contributed by atoms with Gasteiger partial charge in [0.25, 0.3) is 5.91 Å². The molecule has 6 heteroatoms. The van der Waals surface area contributed by atoms with Crippen molar-refractivity contribution in [3.8, 4) is 0 Å². The van der Waals surface area contributed by atoms with Crippen LogP contribution in [-0.4, -0.2) is 31.8 Å². The number of anilines is 2. The molecule has 0 aliphatic rings. The highest BCUT2D eigenvalue weighted by molar-refractivity contribution is 14.1.